The first-order valence-electron chi connectivity index (χ1n) is 13.2. The lowest BCUT2D eigenvalue weighted by Gasteiger charge is -2.20. The van der Waals surface area contributed by atoms with Crippen molar-refractivity contribution < 1.29 is 7.31 Å². The molecule has 4 aromatic rings. The highest BCUT2D eigenvalue weighted by molar-refractivity contribution is 5.99. The monoisotopic (exact) mass is 447 g/mol. The van der Waals surface area contributed by atoms with E-state index < -0.39 is 11.8 Å². The highest BCUT2D eigenvalue weighted by Crippen LogP contribution is 2.53. The van der Waals surface area contributed by atoms with Crippen LogP contribution < -0.4 is 4.57 Å². The molecule has 0 fully saturated rings. The van der Waals surface area contributed by atoms with E-state index in [9.17, 15) is 0 Å². The number of rotatable bonds is 2. The molecule has 6 rings (SSSR count). The Balaban J connectivity index is 1.68. The molecule has 34 heavy (non-hydrogen) atoms. The summed E-state index contributed by atoms with van der Waals surface area (Å²) in [6.07, 6.45) is 2.29. The normalized spacial score (nSPS) is 14.8. The number of fused-ring (bicyclic) bond motifs is 7. The van der Waals surface area contributed by atoms with Gasteiger partial charge in [0.1, 0.15) is 7.05 Å². The Kier molecular flexibility index (Phi) is 4.14. The van der Waals surface area contributed by atoms with E-state index >= 15 is 0 Å². The molecule has 0 atom stereocenters. The van der Waals surface area contributed by atoms with Gasteiger partial charge in [0.25, 0.3) is 0 Å². The first kappa shape index (κ1) is 19.1. The van der Waals surface area contributed by atoms with Crippen molar-refractivity contribution in [3.8, 4) is 33.5 Å². The molecule has 0 amide bonds. The summed E-state index contributed by atoms with van der Waals surface area (Å²) in [6.45, 7) is 10.2. The predicted molar refractivity (Wildman–Crippen MR) is 140 cm³/mol. The molecule has 0 aliphatic heterocycles. The van der Waals surface area contributed by atoms with Gasteiger partial charge < -0.3 is 0 Å². The minimum atomic E-state index is -1.46. The number of hydrogen-bond acceptors (Lipinski definition) is 1. The maximum Gasteiger partial charge on any atom is 0.213 e. The SMILES string of the molecule is [2H]C([2H])(c1cc[n+](C)c(-c2c(C)c3c(c4c2Cc2nc(C)ccc2-4)-c2ccccc2C3)c1)C(C)(C)C. The van der Waals surface area contributed by atoms with Crippen LogP contribution in [0.15, 0.2) is 54.7 Å². The molecule has 170 valence electrons. The number of hydrogen-bond donors (Lipinski definition) is 0. The Morgan fingerprint density at radius 3 is 2.47 bits per heavy atom. The molecule has 2 heterocycles. The zero-order valence-electron chi connectivity index (χ0n) is 23.0. The maximum atomic E-state index is 8.94. The average Bonchev–Trinajstić information content (AvgIpc) is 3.37. The van der Waals surface area contributed by atoms with Gasteiger partial charge in [-0.3, -0.25) is 4.98 Å². The van der Waals surface area contributed by atoms with Gasteiger partial charge in [-0.25, -0.2) is 4.57 Å². The van der Waals surface area contributed by atoms with Crippen molar-refractivity contribution in [1.29, 1.82) is 0 Å². The third-order valence-electron chi connectivity index (χ3n) is 7.29. The van der Waals surface area contributed by atoms with Crippen molar-refractivity contribution in [2.45, 2.75) is 53.8 Å². The van der Waals surface area contributed by atoms with Crippen molar-refractivity contribution in [3.63, 3.8) is 0 Å². The van der Waals surface area contributed by atoms with E-state index in [1.807, 2.05) is 33.0 Å². The second-order valence-corrected chi connectivity index (χ2v) is 11.0. The molecule has 2 heteroatoms. The summed E-state index contributed by atoms with van der Waals surface area (Å²) in [5.41, 5.74) is 15.4. The molecule has 0 spiro atoms. The number of aryl methyl sites for hydroxylation is 2. The fourth-order valence-corrected chi connectivity index (χ4v) is 5.91. The average molecular weight is 448 g/mol. The van der Waals surface area contributed by atoms with Crippen LogP contribution in [0.5, 0.6) is 0 Å². The minimum absolute atomic E-state index is 0.515. The topological polar surface area (TPSA) is 16.8 Å². The second-order valence-electron chi connectivity index (χ2n) is 11.0. The van der Waals surface area contributed by atoms with E-state index in [0.717, 1.165) is 35.5 Å². The quantitative estimate of drug-likeness (QED) is 0.263. The summed E-state index contributed by atoms with van der Waals surface area (Å²) in [6, 6.07) is 17.2. The van der Waals surface area contributed by atoms with E-state index in [1.165, 1.54) is 50.1 Å². The van der Waals surface area contributed by atoms with Crippen molar-refractivity contribution in [2.75, 3.05) is 0 Å². The summed E-state index contributed by atoms with van der Waals surface area (Å²) in [7, 11) is 2.07. The molecular formula is C32H33N2+. The van der Waals surface area contributed by atoms with Crippen LogP contribution in [0, 0.1) is 19.3 Å². The highest BCUT2D eigenvalue weighted by atomic mass is 14.9. The summed E-state index contributed by atoms with van der Waals surface area (Å²) >= 11 is 0. The summed E-state index contributed by atoms with van der Waals surface area (Å²) in [5.74, 6) is 0. The summed E-state index contributed by atoms with van der Waals surface area (Å²) in [4.78, 5) is 4.96. The molecule has 2 aliphatic rings. The van der Waals surface area contributed by atoms with Crippen molar-refractivity contribution in [1.82, 2.24) is 4.98 Å². The van der Waals surface area contributed by atoms with E-state index in [1.54, 1.807) is 0 Å². The Morgan fingerprint density at radius 2 is 1.68 bits per heavy atom. The molecule has 2 aromatic heterocycles. The van der Waals surface area contributed by atoms with Crippen LogP contribution in [-0.2, 0) is 26.3 Å². The summed E-state index contributed by atoms with van der Waals surface area (Å²) in [5, 5.41) is 0. The Labute approximate surface area is 206 Å². The standard InChI is InChI=1S/C32H33N2/c1-19-11-12-24-27(33-19)17-26-29(28-15-21(13-14-34(28)6)18-32(3,4)5)20(2)25-16-22-9-7-8-10-23(22)30(25)31(24)26/h7-15H,16-18H2,1-6H3/q+1/i18D2. The zero-order chi connectivity index (χ0) is 25.6. The Bertz CT molecular complexity index is 1570. The molecule has 2 aliphatic carbocycles. The lowest BCUT2D eigenvalue weighted by molar-refractivity contribution is -0.660. The van der Waals surface area contributed by atoms with Crippen molar-refractivity contribution >= 4 is 0 Å². The lowest BCUT2D eigenvalue weighted by atomic mass is 9.84. The van der Waals surface area contributed by atoms with Gasteiger partial charge >= 0.3 is 0 Å². The van der Waals surface area contributed by atoms with Crippen molar-refractivity contribution in [3.05, 3.63) is 93.9 Å². The fraction of sp³-hybridized carbons (Fsp3) is 0.312. The van der Waals surface area contributed by atoms with Crippen LogP contribution in [0.25, 0.3) is 33.5 Å². The Morgan fingerprint density at radius 1 is 0.912 bits per heavy atom. The van der Waals surface area contributed by atoms with Gasteiger partial charge in [-0.05, 0) is 82.6 Å². The van der Waals surface area contributed by atoms with Gasteiger partial charge in [0.15, 0.2) is 6.20 Å². The summed E-state index contributed by atoms with van der Waals surface area (Å²) < 4.78 is 20.0. The second kappa shape index (κ2) is 7.37. The molecule has 2 aromatic carbocycles. The molecule has 0 saturated carbocycles. The molecule has 0 unspecified atom stereocenters. The van der Waals surface area contributed by atoms with Crippen LogP contribution in [0.1, 0.15) is 62.7 Å². The smallest absolute Gasteiger partial charge is 0.213 e. The van der Waals surface area contributed by atoms with Gasteiger partial charge in [-0.15, -0.1) is 0 Å². The first-order valence-corrected chi connectivity index (χ1v) is 12.2. The van der Waals surface area contributed by atoms with Crippen LogP contribution in [0.4, 0.5) is 0 Å². The number of pyridine rings is 2. The third kappa shape index (κ3) is 3.23. The van der Waals surface area contributed by atoms with Gasteiger partial charge in [0.2, 0.25) is 5.69 Å². The number of benzene rings is 2. The fourth-order valence-electron chi connectivity index (χ4n) is 5.91. The molecular weight excluding hydrogens is 412 g/mol. The maximum absolute atomic E-state index is 8.94. The van der Waals surface area contributed by atoms with Gasteiger partial charge in [-0.1, -0.05) is 51.1 Å². The number of aromatic nitrogens is 2. The first-order chi connectivity index (χ1) is 17.0. The van der Waals surface area contributed by atoms with Gasteiger partial charge in [0.05, 0.1) is 11.3 Å². The van der Waals surface area contributed by atoms with Crippen LogP contribution in [0.2, 0.25) is 0 Å². The van der Waals surface area contributed by atoms with E-state index in [-0.39, 0.29) is 0 Å². The zero-order valence-corrected chi connectivity index (χ0v) is 21.0. The number of nitrogens with zero attached hydrogens (tertiary/aromatic N) is 2. The van der Waals surface area contributed by atoms with Crippen molar-refractivity contribution in [2.24, 2.45) is 12.5 Å². The van der Waals surface area contributed by atoms with Gasteiger partial charge in [-0.2, -0.15) is 0 Å². The van der Waals surface area contributed by atoms with E-state index in [4.69, 9.17) is 7.73 Å². The Hall–Kier alpha value is -3.26. The third-order valence-corrected chi connectivity index (χ3v) is 7.29. The minimum Gasteiger partial charge on any atom is -0.257 e. The largest absolute Gasteiger partial charge is 0.257 e. The highest BCUT2D eigenvalue weighted by Gasteiger charge is 2.35. The van der Waals surface area contributed by atoms with Crippen LogP contribution >= 0.6 is 0 Å². The predicted octanol–water partition coefficient (Wildman–Crippen LogP) is 6.92. The molecule has 0 bridgehead atoms. The molecule has 0 saturated heterocycles. The molecule has 0 N–H and O–H groups in total. The van der Waals surface area contributed by atoms with Gasteiger partial charge in [0, 0.05) is 32.6 Å². The molecule has 0 radical (unpaired) electrons. The van der Waals surface area contributed by atoms with E-state index in [0.29, 0.717) is 0 Å². The van der Waals surface area contributed by atoms with E-state index in [2.05, 4.69) is 67.9 Å². The van der Waals surface area contributed by atoms with Crippen LogP contribution in [0.3, 0.4) is 0 Å². The lowest BCUT2D eigenvalue weighted by Crippen LogP contribution is -2.31. The van der Waals surface area contributed by atoms with Crippen LogP contribution in [-0.4, -0.2) is 4.98 Å². The molecule has 2 nitrogen and oxygen atoms in total.